The first kappa shape index (κ1) is 30.7. The minimum Gasteiger partial charge on any atom is -0.490 e. The lowest BCUT2D eigenvalue weighted by Crippen LogP contribution is -2.03. The van der Waals surface area contributed by atoms with Gasteiger partial charge in [0.1, 0.15) is 0 Å². The smallest absolute Gasteiger partial charge is 0.163 e. The molecule has 0 heterocycles. The van der Waals surface area contributed by atoms with Gasteiger partial charge < -0.3 is 14.8 Å². The van der Waals surface area contributed by atoms with E-state index in [2.05, 4.69) is 37.4 Å². The van der Waals surface area contributed by atoms with Crippen LogP contribution in [0.2, 0.25) is 0 Å². The van der Waals surface area contributed by atoms with E-state index in [1.165, 1.54) is 116 Å². The van der Waals surface area contributed by atoms with Crippen molar-refractivity contribution >= 4 is 5.69 Å². The van der Waals surface area contributed by atoms with Gasteiger partial charge in [-0.15, -0.1) is 0 Å². The molecule has 0 radical (unpaired) electrons. The predicted octanol–water partition coefficient (Wildman–Crippen LogP) is 10.3. The van der Waals surface area contributed by atoms with Crippen LogP contribution in [0.25, 0.3) is 0 Å². The molecule has 0 fully saturated rings. The third-order valence-electron chi connectivity index (χ3n) is 6.74. The van der Waals surface area contributed by atoms with E-state index < -0.39 is 0 Å². The summed E-state index contributed by atoms with van der Waals surface area (Å²) in [6.45, 7) is 6.12. The molecule has 0 amide bonds. The van der Waals surface area contributed by atoms with E-state index in [-0.39, 0.29) is 0 Å². The maximum Gasteiger partial charge on any atom is 0.163 e. The molecule has 1 aromatic carbocycles. The zero-order chi connectivity index (χ0) is 24.5. The standard InChI is InChI=1S/C31H57NO2/c1-4-6-8-10-12-14-16-18-20-22-26-33-30-25-24-29(32-3)28-31(30)34-27-23-21-19-17-15-13-11-9-7-5-2/h24-25,28,32H,4-23,26-27H2,1-3H3. The topological polar surface area (TPSA) is 30.5 Å². The van der Waals surface area contributed by atoms with Gasteiger partial charge in [0.15, 0.2) is 11.5 Å². The number of nitrogens with one attached hydrogen (secondary N) is 1. The number of rotatable bonds is 25. The van der Waals surface area contributed by atoms with Gasteiger partial charge in [-0.3, -0.25) is 0 Å². The summed E-state index contributed by atoms with van der Waals surface area (Å²) in [6, 6.07) is 6.20. The molecule has 0 aliphatic rings. The van der Waals surface area contributed by atoms with Crippen molar-refractivity contribution in [2.45, 2.75) is 142 Å². The Morgan fingerprint density at radius 1 is 0.500 bits per heavy atom. The highest BCUT2D eigenvalue weighted by Gasteiger charge is 2.07. The Hall–Kier alpha value is -1.38. The molecule has 34 heavy (non-hydrogen) atoms. The number of benzene rings is 1. The molecule has 1 N–H and O–H groups in total. The summed E-state index contributed by atoms with van der Waals surface area (Å²) >= 11 is 0. The Balaban J connectivity index is 2.14. The van der Waals surface area contributed by atoms with Crippen LogP contribution in [-0.4, -0.2) is 20.3 Å². The summed E-state index contributed by atoms with van der Waals surface area (Å²) in [6.07, 6.45) is 26.9. The zero-order valence-electron chi connectivity index (χ0n) is 23.1. The third kappa shape index (κ3) is 17.1. The number of hydrogen-bond donors (Lipinski definition) is 1. The van der Waals surface area contributed by atoms with Crippen molar-refractivity contribution in [3.63, 3.8) is 0 Å². The fraction of sp³-hybridized carbons (Fsp3) is 0.806. The monoisotopic (exact) mass is 475 g/mol. The van der Waals surface area contributed by atoms with Crippen molar-refractivity contribution in [2.24, 2.45) is 0 Å². The Morgan fingerprint density at radius 3 is 1.29 bits per heavy atom. The van der Waals surface area contributed by atoms with Crippen molar-refractivity contribution in [1.82, 2.24) is 0 Å². The van der Waals surface area contributed by atoms with Crippen LogP contribution in [0.5, 0.6) is 11.5 Å². The minimum atomic E-state index is 0.776. The van der Waals surface area contributed by atoms with Crippen molar-refractivity contribution in [3.05, 3.63) is 18.2 Å². The molecule has 0 bridgehead atoms. The normalized spacial score (nSPS) is 11.0. The van der Waals surface area contributed by atoms with Gasteiger partial charge in [-0.05, 0) is 25.0 Å². The summed E-state index contributed by atoms with van der Waals surface area (Å²) < 4.78 is 12.2. The van der Waals surface area contributed by atoms with Gasteiger partial charge in [-0.1, -0.05) is 129 Å². The average molecular weight is 476 g/mol. The molecular weight excluding hydrogens is 418 g/mol. The second-order valence-electron chi connectivity index (χ2n) is 9.97. The molecular formula is C31H57NO2. The van der Waals surface area contributed by atoms with Crippen LogP contribution in [0.15, 0.2) is 18.2 Å². The average Bonchev–Trinajstić information content (AvgIpc) is 2.86. The lowest BCUT2D eigenvalue weighted by atomic mass is 10.1. The van der Waals surface area contributed by atoms with Gasteiger partial charge in [0.05, 0.1) is 13.2 Å². The van der Waals surface area contributed by atoms with Crippen LogP contribution in [0.1, 0.15) is 142 Å². The Morgan fingerprint density at radius 2 is 0.882 bits per heavy atom. The predicted molar refractivity (Wildman–Crippen MR) is 151 cm³/mol. The third-order valence-corrected chi connectivity index (χ3v) is 6.74. The Kier molecular flexibility index (Phi) is 21.1. The van der Waals surface area contributed by atoms with Crippen LogP contribution < -0.4 is 14.8 Å². The molecule has 0 spiro atoms. The number of unbranched alkanes of at least 4 members (excludes halogenated alkanes) is 18. The number of anilines is 1. The fourth-order valence-electron chi connectivity index (χ4n) is 4.44. The van der Waals surface area contributed by atoms with Crippen LogP contribution in [0.3, 0.4) is 0 Å². The molecule has 198 valence electrons. The van der Waals surface area contributed by atoms with Gasteiger partial charge in [-0.25, -0.2) is 0 Å². The Labute approximate surface area is 212 Å². The molecule has 0 aliphatic heterocycles. The van der Waals surface area contributed by atoms with Crippen LogP contribution in [0, 0.1) is 0 Å². The van der Waals surface area contributed by atoms with Gasteiger partial charge in [0.2, 0.25) is 0 Å². The summed E-state index contributed by atoms with van der Waals surface area (Å²) in [5.74, 6) is 1.77. The van der Waals surface area contributed by atoms with Gasteiger partial charge >= 0.3 is 0 Å². The summed E-state index contributed by atoms with van der Waals surface area (Å²) in [4.78, 5) is 0. The SMILES string of the molecule is CCCCCCCCCCCCOc1ccc(NC)cc1OCCCCCCCCCCCC. The minimum absolute atomic E-state index is 0.776. The summed E-state index contributed by atoms with van der Waals surface area (Å²) in [5.41, 5.74) is 1.07. The quantitative estimate of drug-likeness (QED) is 0.143. The van der Waals surface area contributed by atoms with Gasteiger partial charge in [-0.2, -0.15) is 0 Å². The first-order chi connectivity index (χ1) is 16.8. The molecule has 0 saturated carbocycles. The first-order valence-corrected chi connectivity index (χ1v) is 14.9. The second kappa shape index (κ2) is 23.4. The molecule has 0 unspecified atom stereocenters. The van der Waals surface area contributed by atoms with E-state index in [1.54, 1.807) is 0 Å². The molecule has 3 nitrogen and oxygen atoms in total. The van der Waals surface area contributed by atoms with E-state index in [1.807, 2.05) is 7.05 Å². The molecule has 3 heteroatoms. The zero-order valence-corrected chi connectivity index (χ0v) is 23.1. The van der Waals surface area contributed by atoms with E-state index in [4.69, 9.17) is 9.47 Å². The second-order valence-corrected chi connectivity index (χ2v) is 9.97. The molecule has 0 atom stereocenters. The maximum atomic E-state index is 6.14. The number of hydrogen-bond acceptors (Lipinski definition) is 3. The maximum absolute atomic E-state index is 6.14. The van der Waals surface area contributed by atoms with Gasteiger partial charge in [0, 0.05) is 18.8 Å². The van der Waals surface area contributed by atoms with Crippen molar-refractivity contribution in [3.8, 4) is 11.5 Å². The van der Waals surface area contributed by atoms with Crippen molar-refractivity contribution in [2.75, 3.05) is 25.6 Å². The van der Waals surface area contributed by atoms with Crippen molar-refractivity contribution in [1.29, 1.82) is 0 Å². The summed E-state index contributed by atoms with van der Waals surface area (Å²) in [5, 5.41) is 3.21. The van der Waals surface area contributed by atoms with E-state index in [9.17, 15) is 0 Å². The van der Waals surface area contributed by atoms with E-state index in [0.717, 1.165) is 43.2 Å². The lowest BCUT2D eigenvalue weighted by Gasteiger charge is -2.14. The number of ether oxygens (including phenoxy) is 2. The Bertz CT molecular complexity index is 560. The summed E-state index contributed by atoms with van der Waals surface area (Å²) in [7, 11) is 1.95. The van der Waals surface area contributed by atoms with Crippen LogP contribution in [-0.2, 0) is 0 Å². The van der Waals surface area contributed by atoms with Crippen molar-refractivity contribution < 1.29 is 9.47 Å². The molecule has 0 saturated heterocycles. The highest BCUT2D eigenvalue weighted by Crippen LogP contribution is 2.31. The molecule has 1 rings (SSSR count). The van der Waals surface area contributed by atoms with Crippen LogP contribution in [0.4, 0.5) is 5.69 Å². The van der Waals surface area contributed by atoms with E-state index >= 15 is 0 Å². The van der Waals surface area contributed by atoms with Crippen LogP contribution >= 0.6 is 0 Å². The molecule has 0 aromatic heterocycles. The molecule has 0 aliphatic carbocycles. The van der Waals surface area contributed by atoms with Gasteiger partial charge in [0.25, 0.3) is 0 Å². The highest BCUT2D eigenvalue weighted by molar-refractivity contribution is 5.54. The fourth-order valence-corrected chi connectivity index (χ4v) is 4.44. The largest absolute Gasteiger partial charge is 0.490 e. The molecule has 1 aromatic rings. The lowest BCUT2D eigenvalue weighted by molar-refractivity contribution is 0.258. The highest BCUT2D eigenvalue weighted by atomic mass is 16.5. The van der Waals surface area contributed by atoms with E-state index in [0.29, 0.717) is 0 Å². The first-order valence-electron chi connectivity index (χ1n) is 14.9.